The molecule has 0 radical (unpaired) electrons. The van der Waals surface area contributed by atoms with Crippen LogP contribution in [0.4, 0.5) is 0 Å². The summed E-state index contributed by atoms with van der Waals surface area (Å²) in [4.78, 5) is 0. The van der Waals surface area contributed by atoms with Crippen LogP contribution in [0.25, 0.3) is 0 Å². The number of ether oxygens (including phenoxy) is 3. The molecule has 4 nitrogen and oxygen atoms in total. The second kappa shape index (κ2) is 4.61. The normalized spacial score (nSPS) is 16.9. The number of aliphatic hydroxyl groups is 1. The number of rotatable bonds is 4. The maximum atomic E-state index is 9.60. The summed E-state index contributed by atoms with van der Waals surface area (Å²) in [5.74, 6) is 2.11. The molecular weight excluding hydrogens is 208 g/mol. The maximum Gasteiger partial charge on any atom is 0.231 e. The average molecular weight is 224 g/mol. The molecule has 0 spiro atoms. The maximum absolute atomic E-state index is 9.60. The van der Waals surface area contributed by atoms with E-state index in [2.05, 4.69) is 0 Å². The van der Waals surface area contributed by atoms with Crippen LogP contribution in [0.5, 0.6) is 17.2 Å². The van der Waals surface area contributed by atoms with Crippen molar-refractivity contribution in [2.75, 3.05) is 6.79 Å². The second-order valence-corrected chi connectivity index (χ2v) is 3.81. The number of hydrogen-bond donors (Lipinski definition) is 1. The summed E-state index contributed by atoms with van der Waals surface area (Å²) in [7, 11) is 0. The van der Waals surface area contributed by atoms with E-state index in [1.54, 1.807) is 6.07 Å². The number of fused-ring (bicyclic) bond motifs is 1. The van der Waals surface area contributed by atoms with Crippen molar-refractivity contribution in [1.82, 2.24) is 0 Å². The molecule has 1 aliphatic heterocycles. The minimum absolute atomic E-state index is 0.231. The van der Waals surface area contributed by atoms with E-state index in [1.165, 1.54) is 0 Å². The fourth-order valence-electron chi connectivity index (χ4n) is 1.58. The summed E-state index contributed by atoms with van der Waals surface area (Å²) in [6.45, 7) is 4.02. The first-order valence-corrected chi connectivity index (χ1v) is 5.45. The molecule has 0 bridgehead atoms. The van der Waals surface area contributed by atoms with E-state index >= 15 is 0 Å². The Morgan fingerprint density at radius 3 is 2.88 bits per heavy atom. The molecule has 0 aliphatic carbocycles. The number of benzene rings is 1. The summed E-state index contributed by atoms with van der Waals surface area (Å²) >= 11 is 0. The van der Waals surface area contributed by atoms with Crippen molar-refractivity contribution in [2.24, 2.45) is 0 Å². The highest BCUT2D eigenvalue weighted by Gasteiger charge is 2.17. The monoisotopic (exact) mass is 224 g/mol. The van der Waals surface area contributed by atoms with Gasteiger partial charge in [0.15, 0.2) is 11.5 Å². The second-order valence-electron chi connectivity index (χ2n) is 3.81. The summed E-state index contributed by atoms with van der Waals surface area (Å²) in [5, 5.41) is 9.60. The van der Waals surface area contributed by atoms with Gasteiger partial charge in [-0.1, -0.05) is 6.92 Å². The lowest BCUT2D eigenvalue weighted by atomic mass is 10.2. The van der Waals surface area contributed by atoms with E-state index in [0.717, 1.165) is 5.75 Å². The van der Waals surface area contributed by atoms with Gasteiger partial charge < -0.3 is 19.3 Å². The first-order chi connectivity index (χ1) is 7.70. The van der Waals surface area contributed by atoms with Gasteiger partial charge in [0.1, 0.15) is 11.9 Å². The van der Waals surface area contributed by atoms with Gasteiger partial charge in [0.2, 0.25) is 6.79 Å². The lowest BCUT2D eigenvalue weighted by Gasteiger charge is -2.19. The fourth-order valence-corrected chi connectivity index (χ4v) is 1.58. The molecule has 0 aromatic heterocycles. The molecule has 1 heterocycles. The Kier molecular flexibility index (Phi) is 3.19. The highest BCUT2D eigenvalue weighted by molar-refractivity contribution is 5.46. The summed E-state index contributed by atoms with van der Waals surface area (Å²) in [6, 6.07) is 5.40. The SMILES string of the molecule is CCC(O)C(C)Oc1ccc2c(c1)OCO2. The van der Waals surface area contributed by atoms with Crippen LogP contribution in [-0.2, 0) is 0 Å². The van der Waals surface area contributed by atoms with Crippen molar-refractivity contribution in [2.45, 2.75) is 32.5 Å². The van der Waals surface area contributed by atoms with E-state index in [-0.39, 0.29) is 12.9 Å². The minimum atomic E-state index is -0.453. The van der Waals surface area contributed by atoms with Gasteiger partial charge >= 0.3 is 0 Å². The third-order valence-corrected chi connectivity index (χ3v) is 2.63. The molecule has 1 aromatic carbocycles. The standard InChI is InChI=1S/C12H16O4/c1-3-10(13)8(2)16-9-4-5-11-12(6-9)15-7-14-11/h4-6,8,10,13H,3,7H2,1-2H3. The van der Waals surface area contributed by atoms with Gasteiger partial charge in [-0.3, -0.25) is 0 Å². The van der Waals surface area contributed by atoms with E-state index < -0.39 is 6.10 Å². The molecule has 2 unspecified atom stereocenters. The molecule has 88 valence electrons. The Morgan fingerprint density at radius 2 is 2.12 bits per heavy atom. The average Bonchev–Trinajstić information content (AvgIpc) is 2.75. The van der Waals surface area contributed by atoms with E-state index in [0.29, 0.717) is 17.9 Å². The molecule has 2 rings (SSSR count). The molecule has 0 saturated carbocycles. The van der Waals surface area contributed by atoms with Gasteiger partial charge in [-0.25, -0.2) is 0 Å². The molecule has 0 fully saturated rings. The number of aliphatic hydroxyl groups excluding tert-OH is 1. The fraction of sp³-hybridized carbons (Fsp3) is 0.500. The van der Waals surface area contributed by atoms with Gasteiger partial charge in [0, 0.05) is 6.07 Å². The van der Waals surface area contributed by atoms with Gasteiger partial charge in [-0.05, 0) is 25.5 Å². The van der Waals surface area contributed by atoms with Crippen LogP contribution in [0, 0.1) is 0 Å². The van der Waals surface area contributed by atoms with Crippen LogP contribution in [-0.4, -0.2) is 24.1 Å². The molecule has 4 heteroatoms. The smallest absolute Gasteiger partial charge is 0.231 e. The van der Waals surface area contributed by atoms with Crippen molar-refractivity contribution < 1.29 is 19.3 Å². The Bertz CT molecular complexity index is 364. The zero-order valence-corrected chi connectivity index (χ0v) is 9.47. The summed E-state index contributed by atoms with van der Waals surface area (Å²) < 4.78 is 16.0. The van der Waals surface area contributed by atoms with Crippen LogP contribution in [0.1, 0.15) is 20.3 Å². The summed E-state index contributed by atoms with van der Waals surface area (Å²) in [6.07, 6.45) is -0.0121. The Morgan fingerprint density at radius 1 is 1.38 bits per heavy atom. The Balaban J connectivity index is 2.05. The van der Waals surface area contributed by atoms with Crippen molar-refractivity contribution in [3.05, 3.63) is 18.2 Å². The van der Waals surface area contributed by atoms with Gasteiger partial charge in [-0.2, -0.15) is 0 Å². The minimum Gasteiger partial charge on any atom is -0.488 e. The molecule has 16 heavy (non-hydrogen) atoms. The molecule has 0 saturated heterocycles. The molecule has 1 aromatic rings. The topological polar surface area (TPSA) is 47.9 Å². The third-order valence-electron chi connectivity index (χ3n) is 2.63. The lowest BCUT2D eigenvalue weighted by molar-refractivity contribution is 0.0450. The van der Waals surface area contributed by atoms with E-state index in [4.69, 9.17) is 14.2 Å². The van der Waals surface area contributed by atoms with Crippen LogP contribution >= 0.6 is 0 Å². The first kappa shape index (κ1) is 11.1. The Labute approximate surface area is 94.8 Å². The molecule has 0 amide bonds. The first-order valence-electron chi connectivity index (χ1n) is 5.45. The molecule has 1 aliphatic rings. The van der Waals surface area contributed by atoms with Crippen molar-refractivity contribution >= 4 is 0 Å². The van der Waals surface area contributed by atoms with E-state index in [9.17, 15) is 5.11 Å². The molecular formula is C12H16O4. The van der Waals surface area contributed by atoms with Crippen molar-refractivity contribution in [3.63, 3.8) is 0 Å². The van der Waals surface area contributed by atoms with Crippen LogP contribution < -0.4 is 14.2 Å². The van der Waals surface area contributed by atoms with Gasteiger partial charge in [0.05, 0.1) is 6.10 Å². The number of hydrogen-bond acceptors (Lipinski definition) is 4. The highest BCUT2D eigenvalue weighted by Crippen LogP contribution is 2.35. The molecule has 2 atom stereocenters. The van der Waals surface area contributed by atoms with Crippen LogP contribution in [0.3, 0.4) is 0 Å². The van der Waals surface area contributed by atoms with Crippen LogP contribution in [0.15, 0.2) is 18.2 Å². The summed E-state index contributed by atoms with van der Waals surface area (Å²) in [5.41, 5.74) is 0. The largest absolute Gasteiger partial charge is 0.488 e. The van der Waals surface area contributed by atoms with Gasteiger partial charge in [0.25, 0.3) is 0 Å². The van der Waals surface area contributed by atoms with E-state index in [1.807, 2.05) is 26.0 Å². The quantitative estimate of drug-likeness (QED) is 0.849. The third kappa shape index (κ3) is 2.22. The molecule has 1 N–H and O–H groups in total. The Hall–Kier alpha value is -1.42. The van der Waals surface area contributed by atoms with Crippen LogP contribution in [0.2, 0.25) is 0 Å². The zero-order valence-electron chi connectivity index (χ0n) is 9.47. The van der Waals surface area contributed by atoms with Crippen molar-refractivity contribution in [1.29, 1.82) is 0 Å². The zero-order chi connectivity index (χ0) is 11.5. The predicted octanol–water partition coefficient (Wildman–Crippen LogP) is 1.95. The highest BCUT2D eigenvalue weighted by atomic mass is 16.7. The van der Waals surface area contributed by atoms with Crippen molar-refractivity contribution in [3.8, 4) is 17.2 Å². The van der Waals surface area contributed by atoms with Gasteiger partial charge in [-0.15, -0.1) is 0 Å². The predicted molar refractivity (Wildman–Crippen MR) is 59.0 cm³/mol. The lowest BCUT2D eigenvalue weighted by Crippen LogP contribution is -2.27.